The quantitative estimate of drug-likeness (QED) is 0.745. The van der Waals surface area contributed by atoms with Crippen molar-refractivity contribution in [1.82, 2.24) is 5.16 Å². The van der Waals surface area contributed by atoms with Crippen LogP contribution in [0.15, 0.2) is 28.8 Å². The van der Waals surface area contributed by atoms with Crippen molar-refractivity contribution in [1.29, 1.82) is 0 Å². The number of carbonyl (C=O) groups excluding carboxylic acids is 1. The van der Waals surface area contributed by atoms with Crippen LogP contribution in [-0.2, 0) is 4.79 Å². The summed E-state index contributed by atoms with van der Waals surface area (Å²) in [6, 6.07) is 6.25. The third-order valence-electron chi connectivity index (χ3n) is 2.44. The molecule has 0 atom stereocenters. The van der Waals surface area contributed by atoms with Crippen LogP contribution in [0.1, 0.15) is 16.1 Å². The first-order valence-corrected chi connectivity index (χ1v) is 6.92. The van der Waals surface area contributed by atoms with Crippen molar-refractivity contribution in [2.24, 2.45) is 0 Å². The highest BCUT2D eigenvalue weighted by Crippen LogP contribution is 2.19. The molecule has 110 valence electrons. The van der Waals surface area contributed by atoms with Gasteiger partial charge in [0, 0.05) is 9.64 Å². The molecule has 0 radical (unpaired) electrons. The normalized spacial score (nSPS) is 10.2. The van der Waals surface area contributed by atoms with Crippen molar-refractivity contribution in [3.05, 3.63) is 39.2 Å². The number of carbonyl (C=O) groups is 2. The Bertz CT molecular complexity index is 683. The maximum Gasteiger partial charge on any atom is 0.337 e. The van der Waals surface area contributed by atoms with Gasteiger partial charge in [-0.25, -0.2) is 4.79 Å². The van der Waals surface area contributed by atoms with Crippen LogP contribution in [0.3, 0.4) is 0 Å². The zero-order chi connectivity index (χ0) is 15.4. The van der Waals surface area contributed by atoms with Crippen LogP contribution in [0.5, 0.6) is 5.88 Å². The summed E-state index contributed by atoms with van der Waals surface area (Å²) in [5, 5.41) is 15.2. The molecule has 1 amide bonds. The molecule has 0 aliphatic carbocycles. The van der Waals surface area contributed by atoms with Gasteiger partial charge in [0.1, 0.15) is 5.76 Å². The van der Waals surface area contributed by atoms with Gasteiger partial charge in [-0.2, -0.15) is 0 Å². The number of carboxylic acid groups (broad SMARTS) is 1. The number of halogens is 1. The third kappa shape index (κ3) is 4.18. The van der Waals surface area contributed by atoms with Gasteiger partial charge in [0.05, 0.1) is 11.3 Å². The summed E-state index contributed by atoms with van der Waals surface area (Å²) in [4.78, 5) is 22.9. The molecule has 0 saturated heterocycles. The SMILES string of the molecule is Cc1cc(OCC(=O)Nc2ccc(I)cc2C(=O)O)no1. The number of aromatic carboxylic acids is 1. The fourth-order valence-corrected chi connectivity index (χ4v) is 2.03. The fraction of sp³-hybridized carbons (Fsp3) is 0.154. The van der Waals surface area contributed by atoms with Crippen LogP contribution >= 0.6 is 22.6 Å². The summed E-state index contributed by atoms with van der Waals surface area (Å²) >= 11 is 2.00. The van der Waals surface area contributed by atoms with Gasteiger partial charge in [-0.05, 0) is 52.9 Å². The minimum Gasteiger partial charge on any atom is -0.478 e. The van der Waals surface area contributed by atoms with E-state index in [1.165, 1.54) is 12.1 Å². The Balaban J connectivity index is 2.01. The Morgan fingerprint density at radius 2 is 2.19 bits per heavy atom. The van der Waals surface area contributed by atoms with E-state index < -0.39 is 11.9 Å². The largest absolute Gasteiger partial charge is 0.478 e. The molecule has 21 heavy (non-hydrogen) atoms. The van der Waals surface area contributed by atoms with Crippen LogP contribution in [-0.4, -0.2) is 28.7 Å². The van der Waals surface area contributed by atoms with E-state index in [1.807, 2.05) is 22.6 Å². The maximum atomic E-state index is 11.8. The summed E-state index contributed by atoms with van der Waals surface area (Å²) < 4.78 is 10.7. The van der Waals surface area contributed by atoms with E-state index in [2.05, 4.69) is 10.5 Å². The second-order valence-corrected chi connectivity index (χ2v) is 5.35. The van der Waals surface area contributed by atoms with Gasteiger partial charge in [-0.3, -0.25) is 4.79 Å². The van der Waals surface area contributed by atoms with Crippen LogP contribution in [0.25, 0.3) is 0 Å². The average molecular weight is 402 g/mol. The van der Waals surface area contributed by atoms with Crippen molar-refractivity contribution in [2.45, 2.75) is 6.92 Å². The van der Waals surface area contributed by atoms with Gasteiger partial charge in [0.15, 0.2) is 6.61 Å². The summed E-state index contributed by atoms with van der Waals surface area (Å²) in [5.41, 5.74) is 0.236. The first-order valence-electron chi connectivity index (χ1n) is 5.84. The number of benzene rings is 1. The van der Waals surface area contributed by atoms with E-state index >= 15 is 0 Å². The molecule has 1 heterocycles. The molecule has 2 aromatic rings. The standard InChI is InChI=1S/C13H11IN2O5/c1-7-4-12(16-21-7)20-6-11(17)15-10-3-2-8(14)5-9(10)13(18)19/h2-5H,6H2,1H3,(H,15,17)(H,18,19). The van der Waals surface area contributed by atoms with E-state index in [-0.39, 0.29) is 23.7 Å². The molecule has 0 fully saturated rings. The number of nitrogens with one attached hydrogen (secondary N) is 1. The van der Waals surface area contributed by atoms with Crippen molar-refractivity contribution in [2.75, 3.05) is 11.9 Å². The van der Waals surface area contributed by atoms with E-state index in [0.29, 0.717) is 5.76 Å². The van der Waals surface area contributed by atoms with Crippen LogP contribution < -0.4 is 10.1 Å². The molecular weight excluding hydrogens is 391 g/mol. The second-order valence-electron chi connectivity index (χ2n) is 4.11. The maximum absolute atomic E-state index is 11.8. The molecule has 0 aliphatic heterocycles. The molecule has 2 rings (SSSR count). The number of rotatable bonds is 5. The number of nitrogens with zero attached hydrogens (tertiary/aromatic N) is 1. The summed E-state index contributed by atoms with van der Waals surface area (Å²) in [6.07, 6.45) is 0. The van der Waals surface area contributed by atoms with Gasteiger partial charge >= 0.3 is 5.97 Å². The van der Waals surface area contributed by atoms with Gasteiger partial charge in [0.25, 0.3) is 11.8 Å². The number of anilines is 1. The Morgan fingerprint density at radius 1 is 1.43 bits per heavy atom. The molecule has 0 saturated carbocycles. The van der Waals surface area contributed by atoms with Gasteiger partial charge in [-0.1, -0.05) is 0 Å². The molecular formula is C13H11IN2O5. The minimum absolute atomic E-state index is 0.0209. The first-order chi connectivity index (χ1) is 9.95. The lowest BCUT2D eigenvalue weighted by Gasteiger charge is -2.09. The lowest BCUT2D eigenvalue weighted by Crippen LogP contribution is -2.21. The Morgan fingerprint density at radius 3 is 2.81 bits per heavy atom. The predicted octanol–water partition coefficient (Wildman–Crippen LogP) is 2.30. The highest BCUT2D eigenvalue weighted by Gasteiger charge is 2.14. The van der Waals surface area contributed by atoms with Crippen molar-refractivity contribution >= 4 is 40.2 Å². The summed E-state index contributed by atoms with van der Waals surface area (Å²) in [5.74, 6) is -0.837. The monoisotopic (exact) mass is 402 g/mol. The number of ether oxygens (including phenoxy) is 1. The number of carboxylic acids is 1. The Hall–Kier alpha value is -2.10. The molecule has 1 aromatic heterocycles. The second kappa shape index (κ2) is 6.57. The Labute approximate surface area is 133 Å². The van der Waals surface area contributed by atoms with E-state index in [9.17, 15) is 9.59 Å². The van der Waals surface area contributed by atoms with Crippen LogP contribution in [0.4, 0.5) is 5.69 Å². The molecule has 0 unspecified atom stereocenters. The Kier molecular flexibility index (Phi) is 4.78. The lowest BCUT2D eigenvalue weighted by atomic mass is 10.2. The number of hydrogen-bond donors (Lipinski definition) is 2. The molecule has 0 bridgehead atoms. The molecule has 0 aliphatic rings. The summed E-state index contributed by atoms with van der Waals surface area (Å²) in [7, 11) is 0. The van der Waals surface area contributed by atoms with Gasteiger partial charge in [0.2, 0.25) is 0 Å². The molecule has 8 heteroatoms. The smallest absolute Gasteiger partial charge is 0.337 e. The van der Waals surface area contributed by atoms with E-state index in [0.717, 1.165) is 3.57 Å². The van der Waals surface area contributed by atoms with Crippen LogP contribution in [0.2, 0.25) is 0 Å². The zero-order valence-corrected chi connectivity index (χ0v) is 13.1. The van der Waals surface area contributed by atoms with E-state index in [1.54, 1.807) is 19.1 Å². The van der Waals surface area contributed by atoms with Crippen molar-refractivity contribution < 1.29 is 24.0 Å². The molecule has 7 nitrogen and oxygen atoms in total. The number of hydrogen-bond acceptors (Lipinski definition) is 5. The predicted molar refractivity (Wildman–Crippen MR) is 81.5 cm³/mol. The fourth-order valence-electron chi connectivity index (χ4n) is 1.54. The third-order valence-corrected chi connectivity index (χ3v) is 3.11. The van der Waals surface area contributed by atoms with E-state index in [4.69, 9.17) is 14.4 Å². The van der Waals surface area contributed by atoms with Crippen molar-refractivity contribution in [3.63, 3.8) is 0 Å². The lowest BCUT2D eigenvalue weighted by molar-refractivity contribution is -0.118. The van der Waals surface area contributed by atoms with Crippen LogP contribution in [0, 0.1) is 10.5 Å². The first kappa shape index (κ1) is 15.3. The van der Waals surface area contributed by atoms with Crippen molar-refractivity contribution in [3.8, 4) is 5.88 Å². The number of aromatic nitrogens is 1. The summed E-state index contributed by atoms with van der Waals surface area (Å²) in [6.45, 7) is 1.40. The van der Waals surface area contributed by atoms with Gasteiger partial charge in [-0.15, -0.1) is 0 Å². The number of amides is 1. The zero-order valence-electron chi connectivity index (χ0n) is 10.9. The minimum atomic E-state index is -1.11. The topological polar surface area (TPSA) is 102 Å². The highest BCUT2D eigenvalue weighted by molar-refractivity contribution is 14.1. The number of aryl methyl sites for hydroxylation is 1. The molecule has 2 N–H and O–H groups in total. The highest BCUT2D eigenvalue weighted by atomic mass is 127. The average Bonchev–Trinajstić information content (AvgIpc) is 2.84. The molecule has 0 spiro atoms. The van der Waals surface area contributed by atoms with Gasteiger partial charge < -0.3 is 19.7 Å². The molecule has 1 aromatic carbocycles.